The van der Waals surface area contributed by atoms with Crippen molar-refractivity contribution in [2.45, 2.75) is 0 Å². The van der Waals surface area contributed by atoms with Crippen molar-refractivity contribution in [3.05, 3.63) is 125 Å². The minimum absolute atomic E-state index is 0.306. The van der Waals surface area contributed by atoms with Crippen molar-refractivity contribution in [2.24, 2.45) is 0 Å². The van der Waals surface area contributed by atoms with Gasteiger partial charge in [-0.15, -0.1) is 0 Å². The lowest BCUT2D eigenvalue weighted by atomic mass is 10.0. The maximum atomic E-state index is 13.3. The quantitative estimate of drug-likeness (QED) is 0.238. The second kappa shape index (κ2) is 7.47. The van der Waals surface area contributed by atoms with Crippen LogP contribution in [0, 0.1) is 11.8 Å². The fourth-order valence-corrected chi connectivity index (χ4v) is 4.41. The minimum Gasteiger partial charge on any atom is -0.268 e. The highest BCUT2D eigenvalue weighted by Gasteiger charge is 2.37. The van der Waals surface area contributed by atoms with Gasteiger partial charge in [0.25, 0.3) is 11.8 Å². The Kier molecular flexibility index (Phi) is 4.31. The van der Waals surface area contributed by atoms with Gasteiger partial charge in [0.2, 0.25) is 0 Å². The van der Waals surface area contributed by atoms with E-state index < -0.39 is 0 Å². The van der Waals surface area contributed by atoms with Crippen LogP contribution < -0.4 is 4.90 Å². The Hall–Kier alpha value is -4.68. The van der Waals surface area contributed by atoms with Crippen LogP contribution in [0.5, 0.6) is 0 Å². The van der Waals surface area contributed by atoms with Gasteiger partial charge >= 0.3 is 0 Å². The molecule has 1 aliphatic heterocycles. The third kappa shape index (κ3) is 3.09. The van der Waals surface area contributed by atoms with Crippen molar-refractivity contribution >= 4 is 39.0 Å². The van der Waals surface area contributed by atoms with E-state index >= 15 is 0 Å². The van der Waals surface area contributed by atoms with Crippen molar-refractivity contribution in [3.8, 4) is 11.8 Å². The van der Waals surface area contributed by atoms with Crippen LogP contribution in [0.2, 0.25) is 0 Å². The van der Waals surface area contributed by atoms with E-state index in [1.165, 1.54) is 4.90 Å². The SMILES string of the molecule is O=C1c2ccc(C#Cc3cccc4ccccc34)cc2C(=O)N1c1cccc2ccccc12. The summed E-state index contributed by atoms with van der Waals surface area (Å²) in [6.07, 6.45) is 0. The summed E-state index contributed by atoms with van der Waals surface area (Å²) in [4.78, 5) is 27.7. The lowest BCUT2D eigenvalue weighted by Crippen LogP contribution is -2.29. The predicted molar refractivity (Wildman–Crippen MR) is 131 cm³/mol. The summed E-state index contributed by atoms with van der Waals surface area (Å²) < 4.78 is 0. The maximum absolute atomic E-state index is 13.3. The third-order valence-electron chi connectivity index (χ3n) is 6.03. The standard InChI is InChI=1S/C30H17NO2/c32-29-26-18-16-20(15-17-23-10-5-9-21-7-1-3-12-24(21)23)19-27(26)30(33)31(29)28-14-6-11-22-8-2-4-13-25(22)28/h1-14,16,18-19H. The maximum Gasteiger partial charge on any atom is 0.266 e. The van der Waals surface area contributed by atoms with Gasteiger partial charge in [-0.25, -0.2) is 4.90 Å². The van der Waals surface area contributed by atoms with E-state index in [0.29, 0.717) is 22.4 Å². The van der Waals surface area contributed by atoms with Crippen molar-refractivity contribution in [2.75, 3.05) is 4.90 Å². The first-order valence-electron chi connectivity index (χ1n) is 10.7. The Morgan fingerprint density at radius 3 is 2.00 bits per heavy atom. The zero-order valence-electron chi connectivity index (χ0n) is 17.6. The molecule has 0 unspecified atom stereocenters. The van der Waals surface area contributed by atoms with E-state index in [-0.39, 0.29) is 11.8 Å². The number of anilines is 1. The topological polar surface area (TPSA) is 37.4 Å². The molecule has 1 heterocycles. The Balaban J connectivity index is 1.40. The highest BCUT2D eigenvalue weighted by Crippen LogP contribution is 2.33. The Bertz CT molecular complexity index is 1660. The zero-order chi connectivity index (χ0) is 22.4. The van der Waals surface area contributed by atoms with Crippen LogP contribution in [0.1, 0.15) is 31.8 Å². The third-order valence-corrected chi connectivity index (χ3v) is 6.03. The molecule has 1 aliphatic rings. The molecule has 6 rings (SSSR count). The van der Waals surface area contributed by atoms with Gasteiger partial charge in [0, 0.05) is 16.5 Å². The first-order chi connectivity index (χ1) is 16.2. The summed E-state index contributed by atoms with van der Waals surface area (Å²) in [5.74, 6) is 5.77. The average Bonchev–Trinajstić information content (AvgIpc) is 3.11. The molecule has 0 fully saturated rings. The number of amides is 2. The molecular weight excluding hydrogens is 406 g/mol. The Morgan fingerprint density at radius 2 is 1.18 bits per heavy atom. The monoisotopic (exact) mass is 423 g/mol. The summed E-state index contributed by atoms with van der Waals surface area (Å²) in [6, 6.07) is 32.7. The van der Waals surface area contributed by atoms with Crippen molar-refractivity contribution in [3.63, 3.8) is 0 Å². The number of imide groups is 1. The van der Waals surface area contributed by atoms with Crippen LogP contribution in [0.25, 0.3) is 21.5 Å². The molecule has 0 atom stereocenters. The first kappa shape index (κ1) is 19.0. The highest BCUT2D eigenvalue weighted by molar-refractivity contribution is 6.36. The molecule has 3 heteroatoms. The number of carbonyl (C=O) groups is 2. The first-order valence-corrected chi connectivity index (χ1v) is 10.7. The van der Waals surface area contributed by atoms with Crippen LogP contribution in [-0.2, 0) is 0 Å². The number of carbonyl (C=O) groups excluding carboxylic acids is 2. The molecular formula is C30H17NO2. The molecule has 0 saturated heterocycles. The number of nitrogens with zero attached hydrogens (tertiary/aromatic N) is 1. The van der Waals surface area contributed by atoms with Crippen LogP contribution in [-0.4, -0.2) is 11.8 Å². The number of fused-ring (bicyclic) bond motifs is 3. The molecule has 33 heavy (non-hydrogen) atoms. The van der Waals surface area contributed by atoms with Crippen LogP contribution in [0.3, 0.4) is 0 Å². The molecule has 2 amide bonds. The molecule has 0 spiro atoms. The second-order valence-corrected chi connectivity index (χ2v) is 7.98. The molecule has 0 aromatic heterocycles. The van der Waals surface area contributed by atoms with E-state index in [4.69, 9.17) is 0 Å². The molecule has 154 valence electrons. The van der Waals surface area contributed by atoms with Gasteiger partial charge in [-0.2, -0.15) is 0 Å². The van der Waals surface area contributed by atoms with Gasteiger partial charge in [-0.3, -0.25) is 9.59 Å². The summed E-state index contributed by atoms with van der Waals surface area (Å²) in [7, 11) is 0. The summed E-state index contributed by atoms with van der Waals surface area (Å²) >= 11 is 0. The van der Waals surface area contributed by atoms with Crippen molar-refractivity contribution in [1.82, 2.24) is 0 Å². The summed E-state index contributed by atoms with van der Waals surface area (Å²) in [5.41, 5.74) is 3.01. The molecule has 0 bridgehead atoms. The number of hydrogen-bond donors (Lipinski definition) is 0. The molecule has 0 saturated carbocycles. The van der Waals surface area contributed by atoms with Gasteiger partial charge in [0.15, 0.2) is 0 Å². The van der Waals surface area contributed by atoms with Gasteiger partial charge in [-0.1, -0.05) is 84.6 Å². The van der Waals surface area contributed by atoms with Gasteiger partial charge in [0.1, 0.15) is 0 Å². The summed E-state index contributed by atoms with van der Waals surface area (Å²) in [6.45, 7) is 0. The molecule has 3 nitrogen and oxygen atoms in total. The van der Waals surface area contributed by atoms with E-state index in [9.17, 15) is 9.59 Å². The van der Waals surface area contributed by atoms with Crippen LogP contribution in [0.15, 0.2) is 103 Å². The molecule has 0 radical (unpaired) electrons. The molecule has 5 aromatic rings. The normalized spacial score (nSPS) is 12.7. The van der Waals surface area contributed by atoms with Crippen molar-refractivity contribution < 1.29 is 9.59 Å². The fourth-order valence-electron chi connectivity index (χ4n) is 4.41. The Labute approximate surface area is 190 Å². The number of benzene rings is 5. The Morgan fingerprint density at radius 1 is 0.545 bits per heavy atom. The lowest BCUT2D eigenvalue weighted by molar-refractivity contribution is 0.0926. The van der Waals surface area contributed by atoms with E-state index in [2.05, 4.69) is 24.0 Å². The average molecular weight is 423 g/mol. The minimum atomic E-state index is -0.319. The van der Waals surface area contributed by atoms with E-state index in [1.807, 2.05) is 72.8 Å². The van der Waals surface area contributed by atoms with Gasteiger partial charge in [0.05, 0.1) is 16.8 Å². The lowest BCUT2D eigenvalue weighted by Gasteiger charge is -2.16. The van der Waals surface area contributed by atoms with Gasteiger partial charge in [-0.05, 0) is 46.5 Å². The van der Waals surface area contributed by atoms with E-state index in [0.717, 1.165) is 27.1 Å². The largest absolute Gasteiger partial charge is 0.268 e. The van der Waals surface area contributed by atoms with Crippen LogP contribution in [0.4, 0.5) is 5.69 Å². The second-order valence-electron chi connectivity index (χ2n) is 7.98. The predicted octanol–water partition coefficient (Wildman–Crippen LogP) is 6.19. The molecule has 0 N–H and O–H groups in total. The van der Waals surface area contributed by atoms with Gasteiger partial charge < -0.3 is 0 Å². The molecule has 0 aliphatic carbocycles. The fraction of sp³-hybridized carbons (Fsp3) is 0. The number of hydrogen-bond acceptors (Lipinski definition) is 2. The zero-order valence-corrected chi connectivity index (χ0v) is 17.6. The highest BCUT2D eigenvalue weighted by atomic mass is 16.2. The number of rotatable bonds is 1. The molecule has 5 aromatic carbocycles. The summed E-state index contributed by atoms with van der Waals surface area (Å²) in [5, 5.41) is 4.06. The smallest absolute Gasteiger partial charge is 0.266 e. The van der Waals surface area contributed by atoms with Crippen molar-refractivity contribution in [1.29, 1.82) is 0 Å². The van der Waals surface area contributed by atoms with E-state index in [1.54, 1.807) is 18.2 Å². The van der Waals surface area contributed by atoms with Crippen LogP contribution >= 0.6 is 0 Å².